The Kier molecular flexibility index (Phi) is 3.81. The molecule has 0 heterocycles. The molecule has 0 saturated carbocycles. The van der Waals surface area contributed by atoms with E-state index in [9.17, 15) is 0 Å². The highest BCUT2D eigenvalue weighted by Gasteiger charge is 1.89. The van der Waals surface area contributed by atoms with Crippen LogP contribution in [0.3, 0.4) is 0 Å². The molecule has 0 aromatic heterocycles. The summed E-state index contributed by atoms with van der Waals surface area (Å²) in [4.78, 5) is 8.79. The minimum absolute atomic E-state index is 0.889. The maximum Gasteiger partial charge on any atom is 0.0633 e. The van der Waals surface area contributed by atoms with Crippen molar-refractivity contribution in [2.45, 2.75) is 6.92 Å². The lowest BCUT2D eigenvalue weighted by Gasteiger charge is -1.94. The Morgan fingerprint density at radius 2 is 1.35 bits per heavy atom. The fourth-order valence-corrected chi connectivity index (χ4v) is 1.42. The number of para-hydroxylation sites is 2. The molecule has 0 spiro atoms. The van der Waals surface area contributed by atoms with Crippen LogP contribution >= 0.6 is 0 Å². The standard InChI is InChI=1S/C15H14N2/c1-13(17-15-10-6-3-7-11-15)12-16-14-8-4-2-5-9-14/h2-12H,1H3. The first-order valence-corrected chi connectivity index (χ1v) is 5.54. The van der Waals surface area contributed by atoms with Gasteiger partial charge in [-0.1, -0.05) is 36.4 Å². The van der Waals surface area contributed by atoms with Crippen molar-refractivity contribution in [3.8, 4) is 0 Å². The smallest absolute Gasteiger partial charge is 0.0633 e. The third-order valence-electron chi connectivity index (χ3n) is 2.22. The zero-order valence-corrected chi connectivity index (χ0v) is 9.75. The summed E-state index contributed by atoms with van der Waals surface area (Å²) in [5.41, 5.74) is 2.78. The Labute approximate surface area is 101 Å². The molecular formula is C15H14N2. The zero-order chi connectivity index (χ0) is 11.9. The first-order valence-electron chi connectivity index (χ1n) is 5.54. The third kappa shape index (κ3) is 3.68. The number of rotatable bonds is 3. The van der Waals surface area contributed by atoms with Gasteiger partial charge < -0.3 is 0 Å². The lowest BCUT2D eigenvalue weighted by Crippen LogP contribution is -1.90. The molecule has 0 aliphatic rings. The number of aliphatic imine (C=N–C) groups is 2. The van der Waals surface area contributed by atoms with Crippen molar-refractivity contribution in [2.24, 2.45) is 9.98 Å². The molecule has 2 heteroatoms. The lowest BCUT2D eigenvalue weighted by molar-refractivity contribution is 1.50. The van der Waals surface area contributed by atoms with Crippen molar-refractivity contribution in [2.75, 3.05) is 0 Å². The Morgan fingerprint density at radius 1 is 0.824 bits per heavy atom. The molecule has 0 aliphatic heterocycles. The first kappa shape index (κ1) is 11.3. The van der Waals surface area contributed by atoms with Crippen molar-refractivity contribution in [1.82, 2.24) is 0 Å². The molecule has 2 rings (SSSR count). The Balaban J connectivity index is 2.09. The van der Waals surface area contributed by atoms with Crippen LogP contribution in [-0.2, 0) is 0 Å². The van der Waals surface area contributed by atoms with Gasteiger partial charge in [-0.05, 0) is 31.2 Å². The number of benzene rings is 2. The van der Waals surface area contributed by atoms with Crippen LogP contribution in [0.1, 0.15) is 6.92 Å². The maximum absolute atomic E-state index is 4.44. The molecule has 2 aromatic carbocycles. The SMILES string of the molecule is CC(C=Nc1ccccc1)=Nc1ccccc1. The fourth-order valence-electron chi connectivity index (χ4n) is 1.42. The van der Waals surface area contributed by atoms with E-state index < -0.39 is 0 Å². The van der Waals surface area contributed by atoms with Gasteiger partial charge in [-0.3, -0.25) is 9.98 Å². The normalized spacial score (nSPS) is 11.9. The number of hydrogen-bond donors (Lipinski definition) is 0. The Hall–Kier alpha value is -2.22. The minimum atomic E-state index is 0.889. The quantitative estimate of drug-likeness (QED) is 0.696. The first-order chi connectivity index (χ1) is 8.34. The van der Waals surface area contributed by atoms with Gasteiger partial charge >= 0.3 is 0 Å². The summed E-state index contributed by atoms with van der Waals surface area (Å²) in [6.07, 6.45) is 1.78. The van der Waals surface area contributed by atoms with Crippen molar-refractivity contribution in [3.63, 3.8) is 0 Å². The Bertz CT molecular complexity index is 513. The molecule has 84 valence electrons. The minimum Gasteiger partial charge on any atom is -0.255 e. The molecule has 0 saturated heterocycles. The Morgan fingerprint density at radius 3 is 1.94 bits per heavy atom. The van der Waals surface area contributed by atoms with Gasteiger partial charge in [-0.25, -0.2) is 0 Å². The molecule has 0 aliphatic carbocycles. The molecule has 0 bridgehead atoms. The van der Waals surface area contributed by atoms with Gasteiger partial charge in [0.15, 0.2) is 0 Å². The summed E-state index contributed by atoms with van der Waals surface area (Å²) in [5.74, 6) is 0. The van der Waals surface area contributed by atoms with E-state index in [0.29, 0.717) is 0 Å². The molecule has 2 nitrogen and oxygen atoms in total. The predicted molar refractivity (Wildman–Crippen MR) is 73.8 cm³/mol. The molecule has 0 radical (unpaired) electrons. The van der Waals surface area contributed by atoms with Crippen LogP contribution < -0.4 is 0 Å². The molecule has 0 unspecified atom stereocenters. The second-order valence-electron chi connectivity index (χ2n) is 3.68. The largest absolute Gasteiger partial charge is 0.255 e. The average Bonchev–Trinajstić information content (AvgIpc) is 2.39. The predicted octanol–water partition coefficient (Wildman–Crippen LogP) is 4.18. The highest BCUT2D eigenvalue weighted by Crippen LogP contribution is 2.11. The molecule has 0 amide bonds. The zero-order valence-electron chi connectivity index (χ0n) is 9.75. The molecule has 2 aromatic rings. The maximum atomic E-state index is 4.44. The number of nitrogens with zero attached hydrogens (tertiary/aromatic N) is 2. The second kappa shape index (κ2) is 5.75. The molecule has 0 N–H and O–H groups in total. The summed E-state index contributed by atoms with van der Waals surface area (Å²) < 4.78 is 0. The van der Waals surface area contributed by atoms with Crippen LogP contribution in [0.2, 0.25) is 0 Å². The van der Waals surface area contributed by atoms with E-state index in [1.807, 2.05) is 67.6 Å². The van der Waals surface area contributed by atoms with Crippen LogP contribution in [0, 0.1) is 0 Å². The van der Waals surface area contributed by atoms with E-state index >= 15 is 0 Å². The summed E-state index contributed by atoms with van der Waals surface area (Å²) >= 11 is 0. The van der Waals surface area contributed by atoms with Crippen LogP contribution in [0.15, 0.2) is 70.6 Å². The van der Waals surface area contributed by atoms with Gasteiger partial charge in [-0.15, -0.1) is 0 Å². The van der Waals surface area contributed by atoms with E-state index in [-0.39, 0.29) is 0 Å². The van der Waals surface area contributed by atoms with E-state index in [1.54, 1.807) is 6.21 Å². The van der Waals surface area contributed by atoms with Crippen LogP contribution in [0.4, 0.5) is 11.4 Å². The van der Waals surface area contributed by atoms with Crippen molar-refractivity contribution < 1.29 is 0 Å². The van der Waals surface area contributed by atoms with Crippen molar-refractivity contribution in [1.29, 1.82) is 0 Å². The van der Waals surface area contributed by atoms with E-state index in [0.717, 1.165) is 17.1 Å². The summed E-state index contributed by atoms with van der Waals surface area (Å²) in [7, 11) is 0. The van der Waals surface area contributed by atoms with E-state index in [4.69, 9.17) is 0 Å². The molecule has 17 heavy (non-hydrogen) atoms. The van der Waals surface area contributed by atoms with Gasteiger partial charge in [0, 0.05) is 6.21 Å². The molecule has 0 fully saturated rings. The van der Waals surface area contributed by atoms with Gasteiger partial charge in [0.05, 0.1) is 17.1 Å². The highest BCUT2D eigenvalue weighted by atomic mass is 14.8. The van der Waals surface area contributed by atoms with E-state index in [2.05, 4.69) is 9.98 Å². The highest BCUT2D eigenvalue weighted by molar-refractivity contribution is 6.30. The van der Waals surface area contributed by atoms with Gasteiger partial charge in [-0.2, -0.15) is 0 Å². The van der Waals surface area contributed by atoms with Crippen molar-refractivity contribution in [3.05, 3.63) is 60.7 Å². The number of hydrogen-bond acceptors (Lipinski definition) is 2. The van der Waals surface area contributed by atoms with E-state index in [1.165, 1.54) is 0 Å². The lowest BCUT2D eigenvalue weighted by atomic mass is 10.3. The summed E-state index contributed by atoms with van der Waals surface area (Å²) in [6, 6.07) is 19.7. The fraction of sp³-hybridized carbons (Fsp3) is 0.0667. The van der Waals surface area contributed by atoms with Crippen LogP contribution in [0.25, 0.3) is 0 Å². The van der Waals surface area contributed by atoms with Crippen LogP contribution in [-0.4, -0.2) is 11.9 Å². The van der Waals surface area contributed by atoms with Gasteiger partial charge in [0.25, 0.3) is 0 Å². The molecule has 0 atom stereocenters. The monoisotopic (exact) mass is 222 g/mol. The second-order valence-corrected chi connectivity index (χ2v) is 3.68. The summed E-state index contributed by atoms with van der Waals surface area (Å²) in [6.45, 7) is 1.94. The van der Waals surface area contributed by atoms with Gasteiger partial charge in [0.2, 0.25) is 0 Å². The van der Waals surface area contributed by atoms with Gasteiger partial charge in [0.1, 0.15) is 0 Å². The topological polar surface area (TPSA) is 24.7 Å². The van der Waals surface area contributed by atoms with Crippen LogP contribution in [0.5, 0.6) is 0 Å². The molecular weight excluding hydrogens is 208 g/mol. The van der Waals surface area contributed by atoms with Crippen molar-refractivity contribution >= 4 is 23.3 Å². The average molecular weight is 222 g/mol. The third-order valence-corrected chi connectivity index (χ3v) is 2.22. The summed E-state index contributed by atoms with van der Waals surface area (Å²) in [5, 5.41) is 0.